The van der Waals surface area contributed by atoms with Gasteiger partial charge < -0.3 is 5.11 Å². The minimum atomic E-state index is -1.08. The van der Waals surface area contributed by atoms with Crippen LogP contribution in [-0.2, 0) is 0 Å². The lowest BCUT2D eigenvalue weighted by molar-refractivity contribution is 0.0538. The van der Waals surface area contributed by atoms with Crippen LogP contribution in [0.1, 0.15) is 12.8 Å². The van der Waals surface area contributed by atoms with Crippen molar-refractivity contribution in [2.75, 3.05) is 0 Å². The Morgan fingerprint density at radius 2 is 1.90 bits per heavy atom. The molecule has 1 aliphatic carbocycles. The molecule has 1 nitrogen and oxygen atoms in total. The largest absolute Gasteiger partial charge is 0.389 e. The quantitative estimate of drug-likeness (QED) is 0.671. The lowest BCUT2D eigenvalue weighted by Gasteiger charge is -2.29. The molecule has 1 rings (SSSR count). The Hall–Kier alpha value is 0.850. The minimum Gasteiger partial charge on any atom is -0.389 e. The Morgan fingerprint density at radius 3 is 2.40 bits per heavy atom. The van der Waals surface area contributed by atoms with Gasteiger partial charge >= 0.3 is 0 Å². The van der Waals surface area contributed by atoms with Crippen molar-refractivity contribution in [3.8, 4) is 0 Å². The fourth-order valence-electron chi connectivity index (χ4n) is 1.09. The maximum absolute atomic E-state index is 12.8. The predicted molar refractivity (Wildman–Crippen MR) is 45.6 cm³/mol. The van der Waals surface area contributed by atoms with Crippen LogP contribution in [0, 0.1) is 0 Å². The van der Waals surface area contributed by atoms with Crippen molar-refractivity contribution in [3.63, 3.8) is 0 Å². The highest BCUT2D eigenvalue weighted by molar-refractivity contribution is 9.10. The van der Waals surface area contributed by atoms with Crippen molar-refractivity contribution in [3.05, 3.63) is 0 Å². The smallest absolute Gasteiger partial charge is 0.128 e. The molecule has 0 aliphatic heterocycles. The third-order valence-corrected chi connectivity index (χ3v) is 3.37. The summed E-state index contributed by atoms with van der Waals surface area (Å²) in [7, 11) is 0. The fraction of sp³-hybridized carbons (Fsp3) is 1.00. The van der Waals surface area contributed by atoms with E-state index >= 15 is 0 Å². The topological polar surface area (TPSA) is 20.2 Å². The molecule has 0 saturated heterocycles. The van der Waals surface area contributed by atoms with Gasteiger partial charge in [0.25, 0.3) is 0 Å². The number of aliphatic hydroxyl groups is 1. The van der Waals surface area contributed by atoms with Crippen LogP contribution in [0.5, 0.6) is 0 Å². The maximum atomic E-state index is 12.8. The molecule has 0 heterocycles. The molecule has 0 aromatic carbocycles. The summed E-state index contributed by atoms with van der Waals surface area (Å²) < 4.78 is 12.8. The van der Waals surface area contributed by atoms with Crippen LogP contribution in [0.15, 0.2) is 0 Å². The summed E-state index contributed by atoms with van der Waals surface area (Å²) in [6.45, 7) is 0. The summed E-state index contributed by atoms with van der Waals surface area (Å²) in [6, 6.07) is 0. The van der Waals surface area contributed by atoms with Crippen molar-refractivity contribution < 1.29 is 9.50 Å². The van der Waals surface area contributed by atoms with Crippen LogP contribution >= 0.6 is 31.9 Å². The molecule has 1 N–H and O–H groups in total. The van der Waals surface area contributed by atoms with E-state index in [1.54, 1.807) is 0 Å². The van der Waals surface area contributed by atoms with E-state index in [0.29, 0.717) is 6.42 Å². The van der Waals surface area contributed by atoms with Gasteiger partial charge in [0.05, 0.1) is 6.10 Å². The first kappa shape index (κ1) is 8.94. The number of halogens is 3. The zero-order valence-electron chi connectivity index (χ0n) is 5.30. The highest BCUT2D eigenvalue weighted by Crippen LogP contribution is 2.31. The molecule has 0 aromatic heterocycles. The molecule has 1 saturated carbocycles. The molecule has 0 radical (unpaired) electrons. The average Bonchev–Trinajstić information content (AvgIpc) is 1.82. The zero-order valence-corrected chi connectivity index (χ0v) is 8.48. The number of alkyl halides is 3. The Kier molecular flexibility index (Phi) is 3.13. The van der Waals surface area contributed by atoms with Gasteiger partial charge in [-0.3, -0.25) is 0 Å². The number of hydrogen-bond donors (Lipinski definition) is 1. The van der Waals surface area contributed by atoms with Gasteiger partial charge in [-0.25, -0.2) is 4.39 Å². The Morgan fingerprint density at radius 1 is 1.30 bits per heavy atom. The van der Waals surface area contributed by atoms with E-state index in [4.69, 9.17) is 5.11 Å². The highest BCUT2D eigenvalue weighted by atomic mass is 79.9. The molecular formula is C6H9Br2FO. The van der Waals surface area contributed by atoms with Crippen molar-refractivity contribution in [2.45, 2.75) is 34.8 Å². The molecule has 60 valence electrons. The molecule has 1 aliphatic rings. The molecule has 4 unspecified atom stereocenters. The van der Waals surface area contributed by atoms with E-state index in [-0.39, 0.29) is 9.65 Å². The van der Waals surface area contributed by atoms with Crippen LogP contribution in [0.4, 0.5) is 4.39 Å². The zero-order chi connectivity index (χ0) is 7.72. The lowest BCUT2D eigenvalue weighted by atomic mass is 9.96. The van der Waals surface area contributed by atoms with Crippen LogP contribution < -0.4 is 0 Å². The van der Waals surface area contributed by atoms with Gasteiger partial charge in [-0.15, -0.1) is 0 Å². The van der Waals surface area contributed by atoms with Gasteiger partial charge in [0.1, 0.15) is 6.17 Å². The van der Waals surface area contributed by atoms with Gasteiger partial charge in [0.15, 0.2) is 0 Å². The summed E-state index contributed by atoms with van der Waals surface area (Å²) in [4.78, 5) is 0.107. The number of hydrogen-bond acceptors (Lipinski definition) is 1. The second-order valence-corrected chi connectivity index (χ2v) is 5.06. The maximum Gasteiger partial charge on any atom is 0.128 e. The highest BCUT2D eigenvalue weighted by Gasteiger charge is 2.34. The van der Waals surface area contributed by atoms with Crippen LogP contribution in [0.2, 0.25) is 0 Å². The van der Waals surface area contributed by atoms with Crippen molar-refractivity contribution in [1.29, 1.82) is 0 Å². The SMILES string of the molecule is OC1C(F)CC(Br)CC1Br. The van der Waals surface area contributed by atoms with E-state index in [9.17, 15) is 4.39 Å². The van der Waals surface area contributed by atoms with Crippen molar-refractivity contribution in [1.82, 2.24) is 0 Å². The first-order valence-corrected chi connectivity index (χ1v) is 5.04. The third kappa shape index (κ3) is 1.92. The third-order valence-electron chi connectivity index (χ3n) is 1.70. The summed E-state index contributed by atoms with van der Waals surface area (Å²) in [5, 5.41) is 9.12. The van der Waals surface area contributed by atoms with Crippen molar-refractivity contribution in [2.24, 2.45) is 0 Å². The molecular weight excluding hydrogens is 267 g/mol. The first-order valence-electron chi connectivity index (χ1n) is 3.21. The molecule has 0 amide bonds. The van der Waals surface area contributed by atoms with Gasteiger partial charge in [-0.05, 0) is 12.8 Å². The normalized spacial score (nSPS) is 49.2. The molecule has 4 heteroatoms. The summed E-state index contributed by atoms with van der Waals surface area (Å²) in [6.07, 6.45) is -0.693. The van der Waals surface area contributed by atoms with Crippen LogP contribution in [0.3, 0.4) is 0 Å². The van der Waals surface area contributed by atoms with Crippen molar-refractivity contribution >= 4 is 31.9 Å². The standard InChI is InChI=1S/C6H9Br2FO/c7-3-1-4(8)6(10)5(9)2-3/h3-6,10H,1-2H2. The predicted octanol–water partition coefficient (Wildman–Crippen LogP) is 2.01. The molecule has 0 aromatic rings. The van der Waals surface area contributed by atoms with Crippen LogP contribution in [0.25, 0.3) is 0 Å². The Balaban J connectivity index is 2.49. The fourth-order valence-corrected chi connectivity index (χ4v) is 3.13. The molecule has 10 heavy (non-hydrogen) atoms. The molecule has 1 fully saturated rings. The summed E-state index contributed by atoms with van der Waals surface area (Å²) >= 11 is 6.53. The first-order chi connectivity index (χ1) is 4.61. The molecule has 4 atom stereocenters. The van der Waals surface area contributed by atoms with E-state index in [0.717, 1.165) is 6.42 Å². The van der Waals surface area contributed by atoms with Gasteiger partial charge in [-0.1, -0.05) is 31.9 Å². The van der Waals surface area contributed by atoms with Crippen LogP contribution in [-0.4, -0.2) is 27.0 Å². The monoisotopic (exact) mass is 274 g/mol. The molecule has 0 spiro atoms. The van der Waals surface area contributed by atoms with E-state index in [1.165, 1.54) is 0 Å². The van der Waals surface area contributed by atoms with E-state index < -0.39 is 12.3 Å². The molecule has 0 bridgehead atoms. The summed E-state index contributed by atoms with van der Waals surface area (Å²) in [5.74, 6) is 0. The number of rotatable bonds is 0. The lowest BCUT2D eigenvalue weighted by Crippen LogP contribution is -2.39. The Bertz CT molecular complexity index is 110. The number of aliphatic hydroxyl groups excluding tert-OH is 1. The Labute approximate surface area is 76.3 Å². The second-order valence-electron chi connectivity index (χ2n) is 2.59. The van der Waals surface area contributed by atoms with E-state index in [1.807, 2.05) is 0 Å². The average molecular weight is 276 g/mol. The van der Waals surface area contributed by atoms with Gasteiger partial charge in [0.2, 0.25) is 0 Å². The van der Waals surface area contributed by atoms with E-state index in [2.05, 4.69) is 31.9 Å². The van der Waals surface area contributed by atoms with Gasteiger partial charge in [0, 0.05) is 9.65 Å². The second kappa shape index (κ2) is 3.50. The summed E-state index contributed by atoms with van der Waals surface area (Å²) in [5.41, 5.74) is 0. The minimum absolute atomic E-state index is 0.0966. The van der Waals surface area contributed by atoms with Gasteiger partial charge in [-0.2, -0.15) is 0 Å².